The third-order valence-electron chi connectivity index (χ3n) is 4.22. The summed E-state index contributed by atoms with van der Waals surface area (Å²) >= 11 is 4.45. The molecule has 0 bridgehead atoms. The van der Waals surface area contributed by atoms with Crippen LogP contribution in [0.1, 0.15) is 11.1 Å². The molecule has 0 unspecified atom stereocenters. The number of rotatable bonds is 3. The predicted molar refractivity (Wildman–Crippen MR) is 110 cm³/mol. The van der Waals surface area contributed by atoms with Gasteiger partial charge in [0, 0.05) is 4.47 Å². The summed E-state index contributed by atoms with van der Waals surface area (Å²) in [5, 5.41) is 2.00. The highest BCUT2D eigenvalue weighted by Gasteiger charge is 2.35. The Bertz CT molecular complexity index is 1060. The van der Waals surface area contributed by atoms with E-state index >= 15 is 0 Å². The summed E-state index contributed by atoms with van der Waals surface area (Å²) in [5.41, 5.74) is 1.82. The first-order chi connectivity index (χ1) is 12.6. The fourth-order valence-corrected chi connectivity index (χ4v) is 4.12. The van der Waals surface area contributed by atoms with Gasteiger partial charge in [-0.1, -0.05) is 70.5 Å². The largest absolute Gasteiger partial charge is 0.293 e. The second kappa shape index (κ2) is 7.09. The minimum atomic E-state index is -0.246. The summed E-state index contributed by atoms with van der Waals surface area (Å²) in [6.07, 6.45) is 1.76. The molecule has 3 aromatic rings. The van der Waals surface area contributed by atoms with Gasteiger partial charge in [-0.3, -0.25) is 14.5 Å². The van der Waals surface area contributed by atoms with E-state index in [4.69, 9.17) is 0 Å². The molecule has 5 heteroatoms. The van der Waals surface area contributed by atoms with Gasteiger partial charge in [0.1, 0.15) is 0 Å². The highest BCUT2D eigenvalue weighted by molar-refractivity contribution is 9.10. The van der Waals surface area contributed by atoms with Gasteiger partial charge in [-0.2, -0.15) is 0 Å². The average Bonchev–Trinajstić information content (AvgIpc) is 2.91. The highest BCUT2D eigenvalue weighted by Crippen LogP contribution is 2.34. The standard InChI is InChI=1S/C21H14BrNO2S/c22-18-8-4-3-7-17(18)12-19-20(24)23(21(25)26-19)13-14-9-10-15-5-1-2-6-16(15)11-14/h1-12H,13H2/b19-12-. The summed E-state index contributed by atoms with van der Waals surface area (Å²) in [7, 11) is 0. The molecule has 3 nitrogen and oxygen atoms in total. The summed E-state index contributed by atoms with van der Waals surface area (Å²) < 4.78 is 0.890. The number of benzene rings is 3. The van der Waals surface area contributed by atoms with Gasteiger partial charge < -0.3 is 0 Å². The number of amides is 2. The van der Waals surface area contributed by atoms with Crippen molar-refractivity contribution in [3.63, 3.8) is 0 Å². The zero-order chi connectivity index (χ0) is 18.1. The maximum atomic E-state index is 12.7. The number of hydrogen-bond donors (Lipinski definition) is 0. The van der Waals surface area contributed by atoms with Gasteiger partial charge in [0.2, 0.25) is 0 Å². The molecule has 0 aliphatic carbocycles. The predicted octanol–water partition coefficient (Wildman–Crippen LogP) is 5.84. The number of carbonyl (C=O) groups excluding carboxylic acids is 2. The third-order valence-corrected chi connectivity index (χ3v) is 5.85. The fraction of sp³-hybridized carbons (Fsp3) is 0.0476. The van der Waals surface area contributed by atoms with Gasteiger partial charge in [-0.05, 0) is 51.9 Å². The van der Waals surface area contributed by atoms with Crippen LogP contribution in [0.2, 0.25) is 0 Å². The van der Waals surface area contributed by atoms with Crippen LogP contribution in [-0.2, 0) is 11.3 Å². The van der Waals surface area contributed by atoms with Crippen molar-refractivity contribution in [2.75, 3.05) is 0 Å². The van der Waals surface area contributed by atoms with Crippen LogP contribution in [0.3, 0.4) is 0 Å². The number of hydrogen-bond acceptors (Lipinski definition) is 3. The first kappa shape index (κ1) is 17.1. The summed E-state index contributed by atoms with van der Waals surface area (Å²) in [5.74, 6) is -0.246. The summed E-state index contributed by atoms with van der Waals surface area (Å²) in [4.78, 5) is 26.8. The van der Waals surface area contributed by atoms with Gasteiger partial charge in [-0.25, -0.2) is 0 Å². The molecule has 0 spiro atoms. The Kier molecular flexibility index (Phi) is 4.66. The van der Waals surface area contributed by atoms with Gasteiger partial charge in [-0.15, -0.1) is 0 Å². The normalized spacial score (nSPS) is 16.0. The van der Waals surface area contributed by atoms with E-state index in [0.717, 1.165) is 38.1 Å². The summed E-state index contributed by atoms with van der Waals surface area (Å²) in [6, 6.07) is 21.7. The molecule has 128 valence electrons. The van der Waals surface area contributed by atoms with Gasteiger partial charge in [0.25, 0.3) is 11.1 Å². The Morgan fingerprint density at radius 2 is 1.65 bits per heavy atom. The van der Waals surface area contributed by atoms with Crippen LogP contribution in [-0.4, -0.2) is 16.0 Å². The lowest BCUT2D eigenvalue weighted by molar-refractivity contribution is -0.123. The molecular weight excluding hydrogens is 410 g/mol. The van der Waals surface area contributed by atoms with Crippen molar-refractivity contribution in [3.05, 3.63) is 87.2 Å². The molecule has 0 atom stereocenters. The molecule has 26 heavy (non-hydrogen) atoms. The number of fused-ring (bicyclic) bond motifs is 1. The second-order valence-corrected chi connectivity index (χ2v) is 7.82. The quantitative estimate of drug-likeness (QED) is 0.496. The molecule has 4 rings (SSSR count). The van der Waals surface area contributed by atoms with E-state index in [1.165, 1.54) is 4.90 Å². The number of thioether (sulfide) groups is 1. The number of halogens is 1. The zero-order valence-electron chi connectivity index (χ0n) is 13.7. The molecule has 1 fully saturated rings. The Balaban J connectivity index is 1.60. The van der Waals surface area contributed by atoms with E-state index < -0.39 is 0 Å². The van der Waals surface area contributed by atoms with E-state index in [1.54, 1.807) is 6.08 Å². The monoisotopic (exact) mass is 423 g/mol. The molecule has 2 amide bonds. The highest BCUT2D eigenvalue weighted by atomic mass is 79.9. The van der Waals surface area contributed by atoms with Crippen molar-refractivity contribution in [1.29, 1.82) is 0 Å². The second-order valence-electron chi connectivity index (χ2n) is 5.97. The van der Waals surface area contributed by atoms with Crippen LogP contribution in [0.5, 0.6) is 0 Å². The van der Waals surface area contributed by atoms with Crippen molar-refractivity contribution >= 4 is 55.7 Å². The smallest absolute Gasteiger partial charge is 0.268 e. The number of carbonyl (C=O) groups is 2. The zero-order valence-corrected chi connectivity index (χ0v) is 16.1. The lowest BCUT2D eigenvalue weighted by atomic mass is 10.1. The Morgan fingerprint density at radius 3 is 2.46 bits per heavy atom. The molecule has 1 saturated heterocycles. The molecule has 3 aromatic carbocycles. The van der Waals surface area contributed by atoms with Crippen LogP contribution in [0.4, 0.5) is 4.79 Å². The van der Waals surface area contributed by atoms with E-state index in [9.17, 15) is 9.59 Å². The number of imide groups is 1. The Hall–Kier alpha value is -2.37. The van der Waals surface area contributed by atoms with Gasteiger partial charge >= 0.3 is 0 Å². The molecule has 0 N–H and O–H groups in total. The Morgan fingerprint density at radius 1 is 0.923 bits per heavy atom. The molecule has 0 radical (unpaired) electrons. The van der Waals surface area contributed by atoms with Crippen molar-refractivity contribution in [2.24, 2.45) is 0 Å². The molecule has 1 heterocycles. The first-order valence-corrected chi connectivity index (χ1v) is 9.70. The van der Waals surface area contributed by atoms with Crippen LogP contribution in [0.25, 0.3) is 16.8 Å². The summed E-state index contributed by atoms with van der Waals surface area (Å²) in [6.45, 7) is 0.281. The van der Waals surface area contributed by atoms with E-state index in [2.05, 4.69) is 15.9 Å². The molecule has 1 aliphatic heterocycles. The van der Waals surface area contributed by atoms with Crippen molar-refractivity contribution in [1.82, 2.24) is 4.90 Å². The molecule has 0 saturated carbocycles. The van der Waals surface area contributed by atoms with Gasteiger partial charge in [0.05, 0.1) is 11.4 Å². The Labute approximate surface area is 163 Å². The van der Waals surface area contributed by atoms with E-state index in [0.29, 0.717) is 4.91 Å². The lowest BCUT2D eigenvalue weighted by Gasteiger charge is -2.13. The molecular formula is C21H14BrNO2S. The van der Waals surface area contributed by atoms with Crippen molar-refractivity contribution in [3.8, 4) is 0 Å². The lowest BCUT2D eigenvalue weighted by Crippen LogP contribution is -2.27. The minimum absolute atomic E-state index is 0.235. The molecule has 1 aliphatic rings. The average molecular weight is 424 g/mol. The fourth-order valence-electron chi connectivity index (χ4n) is 2.89. The SMILES string of the molecule is O=C1S/C(=C\c2ccccc2Br)C(=O)N1Cc1ccc2ccccc2c1. The van der Waals surface area contributed by atoms with E-state index in [-0.39, 0.29) is 17.7 Å². The van der Waals surface area contributed by atoms with Crippen molar-refractivity contribution < 1.29 is 9.59 Å². The maximum absolute atomic E-state index is 12.7. The van der Waals surface area contributed by atoms with Crippen LogP contribution < -0.4 is 0 Å². The van der Waals surface area contributed by atoms with Crippen molar-refractivity contribution in [2.45, 2.75) is 6.54 Å². The minimum Gasteiger partial charge on any atom is -0.268 e. The van der Waals surface area contributed by atoms with Crippen LogP contribution in [0, 0.1) is 0 Å². The maximum Gasteiger partial charge on any atom is 0.293 e. The van der Waals surface area contributed by atoms with Crippen LogP contribution >= 0.6 is 27.7 Å². The van der Waals surface area contributed by atoms with E-state index in [1.807, 2.05) is 66.7 Å². The number of nitrogens with zero attached hydrogens (tertiary/aromatic N) is 1. The molecule has 0 aromatic heterocycles. The first-order valence-electron chi connectivity index (χ1n) is 8.09. The third kappa shape index (κ3) is 3.32. The topological polar surface area (TPSA) is 37.4 Å². The van der Waals surface area contributed by atoms with Crippen LogP contribution in [0.15, 0.2) is 76.1 Å². The van der Waals surface area contributed by atoms with Gasteiger partial charge in [0.15, 0.2) is 0 Å².